The number of hydrogen-bond acceptors (Lipinski definition) is 1. The van der Waals surface area contributed by atoms with E-state index in [1.165, 1.54) is 64.2 Å². The van der Waals surface area contributed by atoms with Crippen molar-refractivity contribution in [1.82, 2.24) is 4.98 Å². The second-order valence-corrected chi connectivity index (χ2v) is 9.35. The fourth-order valence-corrected chi connectivity index (χ4v) is 6.12. The number of aromatic amines is 1. The first-order valence-corrected chi connectivity index (χ1v) is 11.7. The van der Waals surface area contributed by atoms with Crippen molar-refractivity contribution in [1.29, 1.82) is 0 Å². The molecule has 0 aliphatic heterocycles. The molecule has 2 heteroatoms. The maximum atomic E-state index is 3.68. The van der Waals surface area contributed by atoms with E-state index >= 15 is 0 Å². The minimum Gasteiger partial charge on any atom is -0.354 e. The molecule has 1 N–H and O–H groups in total. The van der Waals surface area contributed by atoms with Crippen LogP contribution in [-0.4, -0.2) is 4.98 Å². The lowest BCUT2D eigenvalue weighted by Crippen LogP contribution is -1.81. The number of nitrogens with one attached hydrogen (secondary N) is 1. The van der Waals surface area contributed by atoms with E-state index in [1.807, 2.05) is 11.3 Å². The van der Waals surface area contributed by atoms with Crippen molar-refractivity contribution in [2.75, 3.05) is 0 Å². The van der Waals surface area contributed by atoms with E-state index in [1.54, 1.807) is 0 Å². The Morgan fingerprint density at radius 1 is 0.469 bits per heavy atom. The van der Waals surface area contributed by atoms with E-state index in [4.69, 9.17) is 0 Å². The molecule has 150 valence electrons. The van der Waals surface area contributed by atoms with Crippen LogP contribution in [0.15, 0.2) is 109 Å². The van der Waals surface area contributed by atoms with E-state index in [2.05, 4.69) is 114 Å². The summed E-state index contributed by atoms with van der Waals surface area (Å²) < 4.78 is 2.72. The van der Waals surface area contributed by atoms with Crippen molar-refractivity contribution in [2.24, 2.45) is 0 Å². The van der Waals surface area contributed by atoms with Gasteiger partial charge in [-0.3, -0.25) is 0 Å². The van der Waals surface area contributed by atoms with Gasteiger partial charge in [0.05, 0.1) is 0 Å². The van der Waals surface area contributed by atoms with Gasteiger partial charge in [0.2, 0.25) is 0 Å². The summed E-state index contributed by atoms with van der Waals surface area (Å²) in [6.07, 6.45) is 0. The van der Waals surface area contributed by atoms with Crippen LogP contribution >= 0.6 is 11.3 Å². The Balaban J connectivity index is 1.43. The molecule has 7 rings (SSSR count). The lowest BCUT2D eigenvalue weighted by Gasteiger charge is -2.06. The molecule has 32 heavy (non-hydrogen) atoms. The highest BCUT2D eigenvalue weighted by molar-refractivity contribution is 7.26. The summed E-state index contributed by atoms with van der Waals surface area (Å²) in [5.74, 6) is 0. The topological polar surface area (TPSA) is 15.8 Å². The standard InChI is InChI=1S/C30H19NS/c1-2-7-19(8-3-1)20-9-6-10-21(17-20)22-13-14-25-27(18-22)31-26-16-15-24-23-11-4-5-12-28(23)32-30(24)29(25)26/h1-18,31H. The van der Waals surface area contributed by atoms with Crippen LogP contribution in [0.2, 0.25) is 0 Å². The molecule has 7 aromatic rings. The van der Waals surface area contributed by atoms with Gasteiger partial charge in [0.1, 0.15) is 0 Å². The van der Waals surface area contributed by atoms with E-state index < -0.39 is 0 Å². The van der Waals surface area contributed by atoms with Gasteiger partial charge in [0.15, 0.2) is 0 Å². The van der Waals surface area contributed by atoms with Gasteiger partial charge in [-0.25, -0.2) is 0 Å². The third kappa shape index (κ3) is 2.63. The van der Waals surface area contributed by atoms with Crippen LogP contribution in [0, 0.1) is 0 Å². The molecule has 0 spiro atoms. The Bertz CT molecular complexity index is 1770. The number of H-pyrrole nitrogens is 1. The quantitative estimate of drug-likeness (QED) is 0.284. The van der Waals surface area contributed by atoms with Crippen LogP contribution in [0.4, 0.5) is 0 Å². The van der Waals surface area contributed by atoms with Crippen LogP contribution in [0.5, 0.6) is 0 Å². The fraction of sp³-hybridized carbons (Fsp3) is 0. The Hall–Kier alpha value is -3.88. The minimum absolute atomic E-state index is 1.19. The van der Waals surface area contributed by atoms with Gasteiger partial charge in [0, 0.05) is 42.0 Å². The number of aromatic nitrogens is 1. The first-order chi connectivity index (χ1) is 15.8. The average Bonchev–Trinajstić information content (AvgIpc) is 3.42. The predicted octanol–water partition coefficient (Wildman–Crippen LogP) is 9.02. The Morgan fingerprint density at radius 2 is 1.19 bits per heavy atom. The molecular formula is C30H19NS. The third-order valence-corrected chi connectivity index (χ3v) is 7.61. The summed E-state index contributed by atoms with van der Waals surface area (Å²) in [5.41, 5.74) is 7.34. The van der Waals surface area contributed by atoms with Crippen molar-refractivity contribution in [3.05, 3.63) is 109 Å². The summed E-state index contributed by atoms with van der Waals surface area (Å²) in [5, 5.41) is 5.32. The maximum absolute atomic E-state index is 3.68. The second-order valence-electron chi connectivity index (χ2n) is 8.30. The summed E-state index contributed by atoms with van der Waals surface area (Å²) in [6, 6.07) is 39.4. The lowest BCUT2D eigenvalue weighted by atomic mass is 9.98. The smallest absolute Gasteiger partial charge is 0.0479 e. The van der Waals surface area contributed by atoms with Gasteiger partial charge in [-0.15, -0.1) is 11.3 Å². The molecular weight excluding hydrogens is 406 g/mol. The first-order valence-electron chi connectivity index (χ1n) is 10.9. The lowest BCUT2D eigenvalue weighted by molar-refractivity contribution is 1.54. The van der Waals surface area contributed by atoms with Crippen molar-refractivity contribution in [2.45, 2.75) is 0 Å². The second kappa shape index (κ2) is 6.81. The van der Waals surface area contributed by atoms with Crippen LogP contribution < -0.4 is 0 Å². The number of thiophene rings is 1. The maximum Gasteiger partial charge on any atom is 0.0479 e. The van der Waals surface area contributed by atoms with Crippen molar-refractivity contribution in [3.63, 3.8) is 0 Å². The van der Waals surface area contributed by atoms with E-state index in [0.717, 1.165) is 0 Å². The number of rotatable bonds is 2. The molecule has 2 heterocycles. The molecule has 0 saturated heterocycles. The minimum atomic E-state index is 1.19. The number of benzene rings is 5. The zero-order chi connectivity index (χ0) is 21.1. The molecule has 0 unspecified atom stereocenters. The van der Waals surface area contributed by atoms with Crippen LogP contribution in [0.1, 0.15) is 0 Å². The summed E-state index contributed by atoms with van der Waals surface area (Å²) in [7, 11) is 0. The highest BCUT2D eigenvalue weighted by Gasteiger charge is 2.13. The molecule has 2 aromatic heterocycles. The van der Waals surface area contributed by atoms with Crippen LogP contribution in [0.25, 0.3) is 64.2 Å². The number of hydrogen-bond donors (Lipinski definition) is 1. The normalized spacial score (nSPS) is 11.8. The van der Waals surface area contributed by atoms with E-state index in [0.29, 0.717) is 0 Å². The molecule has 0 atom stereocenters. The number of fused-ring (bicyclic) bond motifs is 7. The van der Waals surface area contributed by atoms with Gasteiger partial charge in [-0.1, -0.05) is 84.9 Å². The summed E-state index contributed by atoms with van der Waals surface area (Å²) in [6.45, 7) is 0. The molecule has 5 aromatic carbocycles. The van der Waals surface area contributed by atoms with Crippen molar-refractivity contribution in [3.8, 4) is 22.3 Å². The monoisotopic (exact) mass is 425 g/mol. The fourth-order valence-electron chi connectivity index (χ4n) is 4.86. The molecule has 0 saturated carbocycles. The van der Waals surface area contributed by atoms with Crippen molar-refractivity contribution < 1.29 is 0 Å². The Morgan fingerprint density at radius 3 is 2.09 bits per heavy atom. The molecule has 0 aliphatic carbocycles. The van der Waals surface area contributed by atoms with E-state index in [9.17, 15) is 0 Å². The van der Waals surface area contributed by atoms with Crippen LogP contribution in [0.3, 0.4) is 0 Å². The first kappa shape index (κ1) is 17.8. The van der Waals surface area contributed by atoms with Gasteiger partial charge in [0.25, 0.3) is 0 Å². The summed E-state index contributed by atoms with van der Waals surface area (Å²) >= 11 is 1.89. The SMILES string of the molecule is c1ccc(-c2cccc(-c3ccc4c(c3)[nH]c3ccc5c6ccccc6sc5c34)c2)cc1. The van der Waals surface area contributed by atoms with Crippen LogP contribution in [-0.2, 0) is 0 Å². The predicted molar refractivity (Wildman–Crippen MR) is 140 cm³/mol. The zero-order valence-corrected chi connectivity index (χ0v) is 18.1. The molecule has 0 fully saturated rings. The highest BCUT2D eigenvalue weighted by Crippen LogP contribution is 2.41. The van der Waals surface area contributed by atoms with E-state index in [-0.39, 0.29) is 0 Å². The molecule has 0 radical (unpaired) electrons. The molecule has 0 bridgehead atoms. The average molecular weight is 426 g/mol. The molecule has 0 aliphatic rings. The Kier molecular flexibility index (Phi) is 3.78. The van der Waals surface area contributed by atoms with Gasteiger partial charge in [-0.05, 0) is 46.5 Å². The summed E-state index contributed by atoms with van der Waals surface area (Å²) in [4.78, 5) is 3.68. The molecule has 0 amide bonds. The largest absolute Gasteiger partial charge is 0.354 e. The highest BCUT2D eigenvalue weighted by atomic mass is 32.1. The van der Waals surface area contributed by atoms with Crippen molar-refractivity contribution >= 4 is 53.3 Å². The van der Waals surface area contributed by atoms with Gasteiger partial charge < -0.3 is 4.98 Å². The third-order valence-electron chi connectivity index (χ3n) is 6.41. The van der Waals surface area contributed by atoms with Gasteiger partial charge in [-0.2, -0.15) is 0 Å². The zero-order valence-electron chi connectivity index (χ0n) is 17.3. The van der Waals surface area contributed by atoms with Gasteiger partial charge >= 0.3 is 0 Å². The molecule has 1 nitrogen and oxygen atoms in total. The Labute approximate surface area is 189 Å².